The molecule has 0 radical (unpaired) electrons. The zero-order valence-corrected chi connectivity index (χ0v) is 20.5. The number of para-hydroxylation sites is 1. The Hall–Kier alpha value is -1.07. The van der Waals surface area contributed by atoms with Gasteiger partial charge in [0.15, 0.2) is 15.8 Å². The lowest BCUT2D eigenvalue weighted by Crippen LogP contribution is -2.53. The van der Waals surface area contributed by atoms with Gasteiger partial charge < -0.3 is 19.9 Å². The minimum Gasteiger partial charge on any atom is -0.381 e. The third-order valence-electron chi connectivity index (χ3n) is 5.74. The number of sulfone groups is 1. The van der Waals surface area contributed by atoms with Gasteiger partial charge in [-0.3, -0.25) is 4.99 Å². The maximum atomic E-state index is 12.5. The van der Waals surface area contributed by atoms with Crippen molar-refractivity contribution in [1.29, 1.82) is 0 Å². The van der Waals surface area contributed by atoms with Crippen LogP contribution in [0.15, 0.2) is 35.3 Å². The molecule has 1 aromatic carbocycles. The van der Waals surface area contributed by atoms with Gasteiger partial charge in [0.05, 0.1) is 11.3 Å². The fraction of sp³-hybridized carbons (Fsp3) is 0.650. The summed E-state index contributed by atoms with van der Waals surface area (Å²) in [6.07, 6.45) is 2.35. The van der Waals surface area contributed by atoms with Crippen LogP contribution in [0.2, 0.25) is 0 Å². The van der Waals surface area contributed by atoms with Gasteiger partial charge in [-0.05, 0) is 31.9 Å². The van der Waals surface area contributed by atoms with E-state index in [1.165, 1.54) is 11.9 Å². The average Bonchev–Trinajstić information content (AvgIpc) is 2.72. The first-order chi connectivity index (χ1) is 13.5. The van der Waals surface area contributed by atoms with Crippen molar-refractivity contribution in [2.45, 2.75) is 24.5 Å². The number of hydrogen-bond donors (Lipinski definition) is 1. The third-order valence-corrected chi connectivity index (χ3v) is 7.85. The van der Waals surface area contributed by atoms with E-state index in [9.17, 15) is 8.42 Å². The van der Waals surface area contributed by atoms with Crippen molar-refractivity contribution in [3.05, 3.63) is 30.3 Å². The summed E-state index contributed by atoms with van der Waals surface area (Å²) in [7, 11) is -3.22. The monoisotopic (exact) mass is 536 g/mol. The van der Waals surface area contributed by atoms with Crippen LogP contribution in [-0.4, -0.2) is 82.8 Å². The first kappa shape index (κ1) is 24.2. The average molecular weight is 536 g/mol. The summed E-state index contributed by atoms with van der Waals surface area (Å²) in [6.45, 7) is 7.59. The lowest BCUT2D eigenvalue weighted by molar-refractivity contribution is 0.0767. The Bertz CT molecular complexity index is 759. The van der Waals surface area contributed by atoms with Crippen LogP contribution < -0.4 is 10.2 Å². The van der Waals surface area contributed by atoms with Gasteiger partial charge in [-0.25, -0.2) is 8.42 Å². The number of aliphatic imine (C=N–C) groups is 1. The van der Waals surface area contributed by atoms with Crippen molar-refractivity contribution in [3.63, 3.8) is 0 Å². The lowest BCUT2D eigenvalue weighted by atomic mass is 9.99. The predicted octanol–water partition coefficient (Wildman–Crippen LogP) is 1.99. The molecule has 2 aliphatic heterocycles. The Morgan fingerprint density at radius 2 is 1.76 bits per heavy atom. The molecule has 0 unspecified atom stereocenters. The fourth-order valence-electron chi connectivity index (χ4n) is 3.85. The lowest BCUT2D eigenvalue weighted by Gasteiger charge is -2.38. The minimum absolute atomic E-state index is 0. The highest BCUT2D eigenvalue weighted by atomic mass is 127. The van der Waals surface area contributed by atoms with E-state index in [0.717, 1.165) is 38.7 Å². The molecule has 29 heavy (non-hydrogen) atoms. The molecule has 0 aromatic heterocycles. The molecule has 164 valence electrons. The highest BCUT2D eigenvalue weighted by molar-refractivity contribution is 14.0. The van der Waals surface area contributed by atoms with Gasteiger partial charge in [0.25, 0.3) is 0 Å². The number of benzene rings is 1. The van der Waals surface area contributed by atoms with Crippen molar-refractivity contribution in [1.82, 2.24) is 10.2 Å². The summed E-state index contributed by atoms with van der Waals surface area (Å²) < 4.78 is 29.6. The summed E-state index contributed by atoms with van der Waals surface area (Å²) in [5, 5.41) is 3.35. The van der Waals surface area contributed by atoms with Gasteiger partial charge in [-0.15, -0.1) is 24.0 Å². The van der Waals surface area contributed by atoms with E-state index in [1.807, 2.05) is 13.0 Å². The highest BCUT2D eigenvalue weighted by Gasteiger charge is 2.42. The van der Waals surface area contributed by atoms with Crippen molar-refractivity contribution in [2.75, 3.05) is 63.6 Å². The van der Waals surface area contributed by atoms with Gasteiger partial charge in [0.2, 0.25) is 0 Å². The molecule has 3 rings (SSSR count). The second-order valence-electron chi connectivity index (χ2n) is 7.55. The standard InChI is InChI=1S/C20H32N4O3S.HI/c1-3-21-19(22-17-20(28(2,25)26)9-15-27-16-10-20)24-13-11-23(12-14-24)18-7-5-4-6-8-18;/h4-8H,3,9-17H2,1-2H3,(H,21,22);1H. The zero-order chi connectivity index (χ0) is 20.0. The maximum absolute atomic E-state index is 12.5. The SMILES string of the molecule is CCNC(=NCC1(S(C)(=O)=O)CCOCC1)N1CCN(c2ccccc2)CC1.I. The van der Waals surface area contributed by atoms with Gasteiger partial charge in [-0.1, -0.05) is 18.2 Å². The zero-order valence-electron chi connectivity index (χ0n) is 17.3. The molecule has 2 heterocycles. The molecular weight excluding hydrogens is 503 g/mol. The van der Waals surface area contributed by atoms with Crippen LogP contribution >= 0.6 is 24.0 Å². The van der Waals surface area contributed by atoms with Gasteiger partial charge >= 0.3 is 0 Å². The normalized spacial score (nSPS) is 20.1. The number of nitrogens with one attached hydrogen (secondary N) is 1. The summed E-state index contributed by atoms with van der Waals surface area (Å²) >= 11 is 0. The van der Waals surface area contributed by atoms with Crippen LogP contribution in [-0.2, 0) is 14.6 Å². The van der Waals surface area contributed by atoms with Crippen LogP contribution in [0, 0.1) is 0 Å². The number of ether oxygens (including phenoxy) is 1. The van der Waals surface area contributed by atoms with E-state index in [1.54, 1.807) is 0 Å². The first-order valence-corrected chi connectivity index (χ1v) is 11.9. The molecule has 0 saturated carbocycles. The van der Waals surface area contributed by atoms with E-state index in [2.05, 4.69) is 39.4 Å². The largest absolute Gasteiger partial charge is 0.381 e. The minimum atomic E-state index is -3.22. The first-order valence-electron chi connectivity index (χ1n) is 10.1. The van der Waals surface area contributed by atoms with Gasteiger partial charge in [0, 0.05) is 57.9 Å². The van der Waals surface area contributed by atoms with Crippen molar-refractivity contribution in [3.8, 4) is 0 Å². The van der Waals surface area contributed by atoms with E-state index in [4.69, 9.17) is 9.73 Å². The highest BCUT2D eigenvalue weighted by Crippen LogP contribution is 2.30. The molecule has 9 heteroatoms. The number of guanidine groups is 1. The smallest absolute Gasteiger partial charge is 0.194 e. The Morgan fingerprint density at radius 3 is 2.31 bits per heavy atom. The van der Waals surface area contributed by atoms with Crippen LogP contribution in [0.1, 0.15) is 19.8 Å². The molecule has 0 aliphatic carbocycles. The Morgan fingerprint density at radius 1 is 1.14 bits per heavy atom. The van der Waals surface area contributed by atoms with Crippen LogP contribution in [0.3, 0.4) is 0 Å². The van der Waals surface area contributed by atoms with Crippen molar-refractivity contribution < 1.29 is 13.2 Å². The molecule has 0 atom stereocenters. The molecule has 7 nitrogen and oxygen atoms in total. The Labute approximate surface area is 191 Å². The molecule has 0 amide bonds. The second-order valence-corrected chi connectivity index (χ2v) is 9.96. The number of rotatable bonds is 5. The van der Waals surface area contributed by atoms with Gasteiger partial charge in [0.1, 0.15) is 0 Å². The second kappa shape index (κ2) is 10.8. The number of halogens is 1. The summed E-state index contributed by atoms with van der Waals surface area (Å²) in [6, 6.07) is 10.4. The van der Waals surface area contributed by atoms with E-state index >= 15 is 0 Å². The van der Waals surface area contributed by atoms with Crippen LogP contribution in [0.5, 0.6) is 0 Å². The predicted molar refractivity (Wildman–Crippen MR) is 129 cm³/mol. The number of anilines is 1. The van der Waals surface area contributed by atoms with Crippen LogP contribution in [0.4, 0.5) is 5.69 Å². The topological polar surface area (TPSA) is 74.2 Å². The van der Waals surface area contributed by atoms with Crippen molar-refractivity contribution >= 4 is 45.5 Å². The number of nitrogens with zero attached hydrogens (tertiary/aromatic N) is 3. The summed E-state index contributed by atoms with van der Waals surface area (Å²) in [4.78, 5) is 9.38. The fourth-order valence-corrected chi connectivity index (χ4v) is 5.06. The summed E-state index contributed by atoms with van der Waals surface area (Å²) in [5.74, 6) is 0.810. The van der Waals surface area contributed by atoms with E-state index < -0.39 is 14.6 Å². The molecule has 2 aliphatic rings. The molecule has 1 aromatic rings. The van der Waals surface area contributed by atoms with Crippen LogP contribution in [0.25, 0.3) is 0 Å². The van der Waals surface area contributed by atoms with E-state index in [-0.39, 0.29) is 30.5 Å². The number of hydrogen-bond acceptors (Lipinski definition) is 5. The molecule has 0 spiro atoms. The Kier molecular flexibility index (Phi) is 9.02. The summed E-state index contributed by atoms with van der Waals surface area (Å²) in [5.41, 5.74) is 1.24. The van der Waals surface area contributed by atoms with E-state index in [0.29, 0.717) is 26.1 Å². The molecule has 1 N–H and O–H groups in total. The quantitative estimate of drug-likeness (QED) is 0.353. The van der Waals surface area contributed by atoms with Gasteiger partial charge in [-0.2, -0.15) is 0 Å². The molecular formula is C20H33IN4O3S. The molecule has 0 bridgehead atoms. The maximum Gasteiger partial charge on any atom is 0.194 e. The Balaban J connectivity index is 0.00000300. The third kappa shape index (κ3) is 5.97. The van der Waals surface area contributed by atoms with Crippen molar-refractivity contribution in [2.24, 2.45) is 4.99 Å². The number of piperazine rings is 1. The molecule has 2 fully saturated rings. The molecule has 2 saturated heterocycles.